The molecule has 4 rings (SSSR count). The summed E-state index contributed by atoms with van der Waals surface area (Å²) in [6, 6.07) is 5.15. The van der Waals surface area contributed by atoms with Gasteiger partial charge in [-0.05, 0) is 37.0 Å². The van der Waals surface area contributed by atoms with E-state index in [0.717, 1.165) is 36.4 Å². The Labute approximate surface area is 158 Å². The molecule has 0 radical (unpaired) electrons. The number of anilines is 1. The Morgan fingerprint density at radius 3 is 2.80 bits per heavy atom. The second-order valence-electron chi connectivity index (χ2n) is 6.13. The Balaban J connectivity index is 1.33. The average Bonchev–Trinajstić information content (AvgIpc) is 3.00. The van der Waals surface area contributed by atoms with Crippen LogP contribution in [0.2, 0.25) is 10.0 Å². The third-order valence-electron chi connectivity index (χ3n) is 4.34. The van der Waals surface area contributed by atoms with Gasteiger partial charge < -0.3 is 10.1 Å². The summed E-state index contributed by atoms with van der Waals surface area (Å²) in [5.41, 5.74) is 0.896. The van der Waals surface area contributed by atoms with Crippen molar-refractivity contribution in [3.8, 4) is 0 Å². The van der Waals surface area contributed by atoms with Gasteiger partial charge in [-0.15, -0.1) is 10.2 Å². The van der Waals surface area contributed by atoms with Gasteiger partial charge in [0.2, 0.25) is 5.13 Å². The van der Waals surface area contributed by atoms with Gasteiger partial charge in [0.1, 0.15) is 11.1 Å². The van der Waals surface area contributed by atoms with Crippen LogP contribution in [0.15, 0.2) is 18.2 Å². The number of urea groups is 1. The highest BCUT2D eigenvalue weighted by Gasteiger charge is 2.42. The molecule has 1 aliphatic heterocycles. The maximum absolute atomic E-state index is 12.2. The Bertz CT molecular complexity index is 774. The molecule has 2 aliphatic rings. The van der Waals surface area contributed by atoms with Crippen molar-refractivity contribution in [2.24, 2.45) is 0 Å². The number of nitrogens with zero attached hydrogens (tertiary/aromatic N) is 2. The Morgan fingerprint density at radius 1 is 1.28 bits per heavy atom. The molecule has 0 spiro atoms. The van der Waals surface area contributed by atoms with E-state index in [4.69, 9.17) is 27.9 Å². The van der Waals surface area contributed by atoms with Gasteiger partial charge in [0.05, 0.1) is 0 Å². The first-order chi connectivity index (χ1) is 12.1. The van der Waals surface area contributed by atoms with Gasteiger partial charge in [-0.3, -0.25) is 5.32 Å². The van der Waals surface area contributed by atoms with Gasteiger partial charge in [0.15, 0.2) is 0 Å². The van der Waals surface area contributed by atoms with E-state index in [1.165, 1.54) is 11.3 Å². The van der Waals surface area contributed by atoms with E-state index in [9.17, 15) is 4.79 Å². The van der Waals surface area contributed by atoms with E-state index in [2.05, 4.69) is 20.8 Å². The van der Waals surface area contributed by atoms with E-state index in [1.54, 1.807) is 0 Å². The molecule has 1 aliphatic carbocycles. The number of aromatic nitrogens is 2. The molecular formula is C16H16Cl2N4O2S. The summed E-state index contributed by atoms with van der Waals surface area (Å²) in [6.07, 6.45) is 2.80. The standard InChI is InChI=1S/C16H16Cl2N4O2S/c17-9-3-1-4-10(18)13(9)8-7-11(8)19-15(23)20-16-22-21-14(25-16)12-5-2-6-24-12/h1,3-4,8,11-12H,2,5-7H2,(H2,19,20,22,23)/t8-,11-,12?/m1/s1. The second-order valence-corrected chi connectivity index (χ2v) is 7.95. The van der Waals surface area contributed by atoms with Gasteiger partial charge >= 0.3 is 6.03 Å². The molecule has 2 heterocycles. The van der Waals surface area contributed by atoms with Crippen molar-refractivity contribution in [2.45, 2.75) is 37.3 Å². The fourth-order valence-electron chi connectivity index (χ4n) is 3.03. The summed E-state index contributed by atoms with van der Waals surface area (Å²) in [7, 11) is 0. The minimum atomic E-state index is -0.300. The zero-order chi connectivity index (χ0) is 17.4. The first kappa shape index (κ1) is 17.0. The molecule has 1 aromatic carbocycles. The molecule has 2 fully saturated rings. The summed E-state index contributed by atoms with van der Waals surface area (Å²) in [5, 5.41) is 16.3. The Kier molecular flexibility index (Phi) is 4.82. The first-order valence-electron chi connectivity index (χ1n) is 8.08. The number of hydrogen-bond acceptors (Lipinski definition) is 5. The quantitative estimate of drug-likeness (QED) is 0.801. The van der Waals surface area contributed by atoms with Crippen LogP contribution in [-0.4, -0.2) is 28.9 Å². The molecule has 3 atom stereocenters. The van der Waals surface area contributed by atoms with E-state index in [-0.39, 0.29) is 24.1 Å². The molecule has 1 aromatic heterocycles. The minimum absolute atomic E-state index is 0.00582. The molecule has 2 N–H and O–H groups in total. The maximum atomic E-state index is 12.2. The topological polar surface area (TPSA) is 76.1 Å². The fraction of sp³-hybridized carbons (Fsp3) is 0.438. The van der Waals surface area contributed by atoms with Crippen LogP contribution in [0, 0.1) is 0 Å². The summed E-state index contributed by atoms with van der Waals surface area (Å²) in [4.78, 5) is 12.2. The van der Waals surface area contributed by atoms with Crippen LogP contribution in [0.1, 0.15) is 41.9 Å². The lowest BCUT2D eigenvalue weighted by Crippen LogP contribution is -2.31. The second kappa shape index (κ2) is 7.07. The maximum Gasteiger partial charge on any atom is 0.321 e. The smallest absolute Gasteiger partial charge is 0.321 e. The van der Waals surface area contributed by atoms with Crippen LogP contribution in [0.4, 0.5) is 9.93 Å². The highest BCUT2D eigenvalue weighted by Crippen LogP contribution is 2.46. The molecule has 9 heteroatoms. The molecular weight excluding hydrogens is 383 g/mol. The summed E-state index contributed by atoms with van der Waals surface area (Å²) in [5.74, 6) is 0.142. The van der Waals surface area contributed by atoms with Crippen molar-refractivity contribution < 1.29 is 9.53 Å². The highest BCUT2D eigenvalue weighted by molar-refractivity contribution is 7.15. The lowest BCUT2D eigenvalue weighted by atomic mass is 10.1. The molecule has 2 aromatic rings. The number of carbonyl (C=O) groups excluding carboxylic acids is 1. The molecule has 132 valence electrons. The zero-order valence-electron chi connectivity index (χ0n) is 13.2. The number of rotatable bonds is 4. The first-order valence-corrected chi connectivity index (χ1v) is 9.65. The minimum Gasteiger partial charge on any atom is -0.371 e. The Morgan fingerprint density at radius 2 is 2.08 bits per heavy atom. The normalized spacial score (nSPS) is 25.0. The van der Waals surface area contributed by atoms with Crippen molar-refractivity contribution in [1.29, 1.82) is 0 Å². The molecule has 2 amide bonds. The van der Waals surface area contributed by atoms with Gasteiger partial charge in [-0.25, -0.2) is 4.79 Å². The van der Waals surface area contributed by atoms with Gasteiger partial charge in [-0.1, -0.05) is 40.6 Å². The van der Waals surface area contributed by atoms with Crippen molar-refractivity contribution in [2.75, 3.05) is 11.9 Å². The predicted molar refractivity (Wildman–Crippen MR) is 97.6 cm³/mol. The van der Waals surface area contributed by atoms with Gasteiger partial charge in [-0.2, -0.15) is 0 Å². The van der Waals surface area contributed by atoms with E-state index in [1.807, 2.05) is 18.2 Å². The zero-order valence-corrected chi connectivity index (χ0v) is 15.5. The summed E-state index contributed by atoms with van der Waals surface area (Å²) < 4.78 is 5.57. The summed E-state index contributed by atoms with van der Waals surface area (Å²) >= 11 is 13.8. The van der Waals surface area contributed by atoms with Gasteiger partial charge in [0, 0.05) is 28.6 Å². The number of carbonyl (C=O) groups is 1. The fourth-order valence-corrected chi connectivity index (χ4v) is 4.53. The molecule has 1 saturated heterocycles. The average molecular weight is 399 g/mol. The van der Waals surface area contributed by atoms with Crippen molar-refractivity contribution in [3.63, 3.8) is 0 Å². The number of amides is 2. The molecule has 0 bridgehead atoms. The van der Waals surface area contributed by atoms with E-state index in [0.29, 0.717) is 15.2 Å². The van der Waals surface area contributed by atoms with Crippen LogP contribution in [0.3, 0.4) is 0 Å². The molecule has 6 nitrogen and oxygen atoms in total. The number of halogens is 2. The van der Waals surface area contributed by atoms with Crippen molar-refractivity contribution >= 4 is 45.7 Å². The van der Waals surface area contributed by atoms with E-state index >= 15 is 0 Å². The monoisotopic (exact) mass is 398 g/mol. The van der Waals surface area contributed by atoms with Crippen molar-refractivity contribution in [1.82, 2.24) is 15.5 Å². The number of hydrogen-bond donors (Lipinski definition) is 2. The Hall–Kier alpha value is -1.41. The van der Waals surface area contributed by atoms with Crippen LogP contribution in [-0.2, 0) is 4.74 Å². The lowest BCUT2D eigenvalue weighted by molar-refractivity contribution is 0.111. The van der Waals surface area contributed by atoms with Gasteiger partial charge in [0.25, 0.3) is 0 Å². The lowest BCUT2D eigenvalue weighted by Gasteiger charge is -2.08. The van der Waals surface area contributed by atoms with Crippen molar-refractivity contribution in [3.05, 3.63) is 38.8 Å². The van der Waals surface area contributed by atoms with Crippen LogP contribution >= 0.6 is 34.5 Å². The van der Waals surface area contributed by atoms with Crippen LogP contribution < -0.4 is 10.6 Å². The third-order valence-corrected chi connectivity index (χ3v) is 5.93. The number of nitrogens with one attached hydrogen (secondary N) is 2. The predicted octanol–water partition coefficient (Wildman–Crippen LogP) is 4.37. The molecule has 1 saturated carbocycles. The number of ether oxygens (including phenoxy) is 1. The largest absolute Gasteiger partial charge is 0.371 e. The molecule has 25 heavy (non-hydrogen) atoms. The molecule has 1 unspecified atom stereocenters. The highest BCUT2D eigenvalue weighted by atomic mass is 35.5. The van der Waals surface area contributed by atoms with Crippen LogP contribution in [0.5, 0.6) is 0 Å². The van der Waals surface area contributed by atoms with Crippen LogP contribution in [0.25, 0.3) is 0 Å². The van der Waals surface area contributed by atoms with E-state index < -0.39 is 0 Å². The SMILES string of the molecule is O=C(Nc1nnc(C2CCCO2)s1)N[C@@H]1C[C@H]1c1c(Cl)cccc1Cl. The third kappa shape index (κ3) is 3.74. The number of benzene rings is 1. The summed E-state index contributed by atoms with van der Waals surface area (Å²) in [6.45, 7) is 0.751.